The molecule has 0 amide bonds. The molecular weight excluding hydrogens is 337 g/mol. The molecule has 0 radical (unpaired) electrons. The molecule has 0 spiro atoms. The van der Waals surface area contributed by atoms with Crippen molar-refractivity contribution < 1.29 is 4.74 Å². The molecule has 0 saturated carbocycles. The van der Waals surface area contributed by atoms with Crippen molar-refractivity contribution in [3.63, 3.8) is 0 Å². The maximum absolute atomic E-state index is 5.83. The molecule has 1 N–H and O–H groups in total. The summed E-state index contributed by atoms with van der Waals surface area (Å²) in [5.74, 6) is 0.857. The molecule has 0 atom stereocenters. The highest BCUT2D eigenvalue weighted by Gasteiger charge is 2.09. The summed E-state index contributed by atoms with van der Waals surface area (Å²) in [7, 11) is 0. The van der Waals surface area contributed by atoms with Gasteiger partial charge < -0.3 is 10.1 Å². The maximum Gasteiger partial charge on any atom is 0.127 e. The van der Waals surface area contributed by atoms with E-state index in [1.165, 1.54) is 5.54 Å². The topological polar surface area (TPSA) is 21.3 Å². The minimum Gasteiger partial charge on any atom is -0.487 e. The Bertz CT molecular complexity index is 435. The van der Waals surface area contributed by atoms with E-state index in [0.29, 0.717) is 5.03 Å². The van der Waals surface area contributed by atoms with Crippen molar-refractivity contribution in [3.8, 4) is 5.75 Å². The van der Waals surface area contributed by atoms with Gasteiger partial charge in [0.25, 0.3) is 0 Å². The zero-order chi connectivity index (χ0) is 13.5. The Morgan fingerprint density at radius 1 is 1.50 bits per heavy atom. The van der Waals surface area contributed by atoms with Gasteiger partial charge in [0.2, 0.25) is 0 Å². The average Bonchev–Trinajstić information content (AvgIpc) is 2.34. The van der Waals surface area contributed by atoms with E-state index in [-0.39, 0.29) is 6.61 Å². The summed E-state index contributed by atoms with van der Waals surface area (Å²) in [4.78, 5) is 0. The van der Waals surface area contributed by atoms with E-state index in [1.54, 1.807) is 0 Å². The number of hydrogen-bond donors (Lipinski definition) is 1. The summed E-state index contributed by atoms with van der Waals surface area (Å²) in [5.41, 5.74) is 3.48. The van der Waals surface area contributed by atoms with Gasteiger partial charge in [0.05, 0.1) is 5.03 Å². The van der Waals surface area contributed by atoms with Gasteiger partial charge in [-0.25, -0.2) is 0 Å². The van der Waals surface area contributed by atoms with E-state index in [9.17, 15) is 0 Å². The molecular formula is C13H16BrCl2NO. The monoisotopic (exact) mass is 351 g/mol. The first-order valence-corrected chi connectivity index (χ1v) is 7.26. The van der Waals surface area contributed by atoms with Crippen molar-refractivity contribution in [2.45, 2.75) is 20.4 Å². The van der Waals surface area contributed by atoms with Crippen LogP contribution in [0.4, 0.5) is 0 Å². The molecule has 0 aromatic heterocycles. The molecule has 1 aromatic carbocycles. The normalized spacial score (nSPS) is 11.7. The molecule has 0 saturated heterocycles. The van der Waals surface area contributed by atoms with Crippen LogP contribution in [0, 0.1) is 6.92 Å². The first-order valence-electron chi connectivity index (χ1n) is 5.65. The number of ether oxygens (including phenoxy) is 1. The number of aryl methyl sites for hydroxylation is 1. The van der Waals surface area contributed by atoms with Crippen LogP contribution >= 0.6 is 39.1 Å². The standard InChI is InChI=1S/C13H16BrCl2NO/c1-3-17-7-10-5-11(14)4-9(2)13(10)18-8-12(16)6-15/h4-6,17H,3,7-8H2,1-2H3/b12-6-. The van der Waals surface area contributed by atoms with Crippen molar-refractivity contribution in [1.82, 2.24) is 5.32 Å². The Kier molecular flexibility index (Phi) is 7.08. The Balaban J connectivity index is 2.92. The lowest BCUT2D eigenvalue weighted by Crippen LogP contribution is -2.13. The lowest BCUT2D eigenvalue weighted by Gasteiger charge is -2.15. The molecule has 0 aliphatic rings. The Morgan fingerprint density at radius 3 is 2.83 bits per heavy atom. The fourth-order valence-corrected chi connectivity index (χ4v) is 2.31. The minimum absolute atomic E-state index is 0.284. The summed E-state index contributed by atoms with van der Waals surface area (Å²) < 4.78 is 6.77. The van der Waals surface area contributed by atoms with E-state index in [1.807, 2.05) is 19.1 Å². The van der Waals surface area contributed by atoms with Gasteiger partial charge in [-0.1, -0.05) is 46.1 Å². The predicted octanol–water partition coefficient (Wildman–Crippen LogP) is 4.56. The number of nitrogens with one attached hydrogen (secondary N) is 1. The molecule has 0 heterocycles. The van der Waals surface area contributed by atoms with Crippen molar-refractivity contribution in [2.24, 2.45) is 0 Å². The molecule has 0 aliphatic carbocycles. The van der Waals surface area contributed by atoms with E-state index in [4.69, 9.17) is 27.9 Å². The Hall–Kier alpha value is -0.220. The second-order valence-electron chi connectivity index (χ2n) is 3.84. The second kappa shape index (κ2) is 8.05. The quantitative estimate of drug-likeness (QED) is 0.809. The highest BCUT2D eigenvalue weighted by molar-refractivity contribution is 9.10. The van der Waals surface area contributed by atoms with E-state index >= 15 is 0 Å². The van der Waals surface area contributed by atoms with Crippen molar-refractivity contribution in [2.75, 3.05) is 13.2 Å². The van der Waals surface area contributed by atoms with Crippen molar-refractivity contribution in [1.29, 1.82) is 0 Å². The number of halogens is 3. The van der Waals surface area contributed by atoms with E-state index in [0.717, 1.165) is 34.4 Å². The fourth-order valence-electron chi connectivity index (χ4n) is 1.57. The van der Waals surface area contributed by atoms with Crippen LogP contribution < -0.4 is 10.1 Å². The maximum atomic E-state index is 5.83. The summed E-state index contributed by atoms with van der Waals surface area (Å²) in [6.45, 7) is 6.03. The predicted molar refractivity (Wildman–Crippen MR) is 81.5 cm³/mol. The largest absolute Gasteiger partial charge is 0.487 e. The van der Waals surface area contributed by atoms with Gasteiger partial charge in [0, 0.05) is 22.1 Å². The molecule has 0 bridgehead atoms. The van der Waals surface area contributed by atoms with Gasteiger partial charge in [0.1, 0.15) is 12.4 Å². The van der Waals surface area contributed by atoms with Gasteiger partial charge in [-0.15, -0.1) is 0 Å². The van der Waals surface area contributed by atoms with Crippen LogP contribution in [0.3, 0.4) is 0 Å². The lowest BCUT2D eigenvalue weighted by atomic mass is 10.1. The molecule has 0 fully saturated rings. The Labute approximate surface area is 126 Å². The zero-order valence-electron chi connectivity index (χ0n) is 10.4. The first kappa shape index (κ1) is 15.8. The van der Waals surface area contributed by atoms with Crippen LogP contribution in [0.1, 0.15) is 18.1 Å². The van der Waals surface area contributed by atoms with Gasteiger partial charge >= 0.3 is 0 Å². The Morgan fingerprint density at radius 2 is 2.22 bits per heavy atom. The van der Waals surface area contributed by atoms with Crippen molar-refractivity contribution >= 4 is 39.1 Å². The minimum atomic E-state index is 0.284. The third kappa shape index (κ3) is 4.81. The molecule has 1 rings (SSSR count). The zero-order valence-corrected chi connectivity index (χ0v) is 13.5. The molecule has 2 nitrogen and oxygen atoms in total. The molecule has 0 aliphatic heterocycles. The summed E-state index contributed by atoms with van der Waals surface area (Å²) in [6, 6.07) is 4.06. The smallest absolute Gasteiger partial charge is 0.127 e. The SMILES string of the molecule is CCNCc1cc(Br)cc(C)c1OC/C(Cl)=C/Cl. The van der Waals surface area contributed by atoms with E-state index < -0.39 is 0 Å². The van der Waals surface area contributed by atoms with Crippen LogP contribution in [0.5, 0.6) is 5.75 Å². The third-order valence-corrected chi connectivity index (χ3v) is 3.41. The van der Waals surface area contributed by atoms with Gasteiger partial charge in [-0.3, -0.25) is 0 Å². The number of benzene rings is 1. The van der Waals surface area contributed by atoms with Crippen LogP contribution in [0.25, 0.3) is 0 Å². The van der Waals surface area contributed by atoms with Crippen LogP contribution in [0.15, 0.2) is 27.2 Å². The van der Waals surface area contributed by atoms with Gasteiger partial charge in [-0.05, 0) is 31.2 Å². The van der Waals surface area contributed by atoms with Gasteiger partial charge in [0.15, 0.2) is 0 Å². The van der Waals surface area contributed by atoms with Crippen LogP contribution in [-0.4, -0.2) is 13.2 Å². The number of hydrogen-bond acceptors (Lipinski definition) is 2. The lowest BCUT2D eigenvalue weighted by molar-refractivity contribution is 0.351. The molecule has 100 valence electrons. The summed E-state index contributed by atoms with van der Waals surface area (Å²) in [6.07, 6.45) is 0. The van der Waals surface area contributed by atoms with Crippen LogP contribution in [0.2, 0.25) is 0 Å². The van der Waals surface area contributed by atoms with Crippen LogP contribution in [-0.2, 0) is 6.54 Å². The second-order valence-corrected chi connectivity index (χ2v) is 5.46. The third-order valence-electron chi connectivity index (χ3n) is 2.35. The molecule has 1 aromatic rings. The highest BCUT2D eigenvalue weighted by Crippen LogP contribution is 2.28. The van der Waals surface area contributed by atoms with E-state index in [2.05, 4.69) is 28.2 Å². The molecule has 0 unspecified atom stereocenters. The van der Waals surface area contributed by atoms with Gasteiger partial charge in [-0.2, -0.15) is 0 Å². The summed E-state index contributed by atoms with van der Waals surface area (Å²) >= 11 is 14.8. The summed E-state index contributed by atoms with van der Waals surface area (Å²) in [5, 5.41) is 3.77. The molecule has 5 heteroatoms. The van der Waals surface area contributed by atoms with Crippen molar-refractivity contribution in [3.05, 3.63) is 38.3 Å². The number of rotatable bonds is 6. The average molecular weight is 353 g/mol. The first-order chi connectivity index (χ1) is 8.58. The molecule has 18 heavy (non-hydrogen) atoms. The highest BCUT2D eigenvalue weighted by atomic mass is 79.9. The fraction of sp³-hybridized carbons (Fsp3) is 0.385.